The van der Waals surface area contributed by atoms with Gasteiger partial charge < -0.3 is 4.90 Å². The Labute approximate surface area is 195 Å². The zero-order valence-corrected chi connectivity index (χ0v) is 19.5. The molecular formula is C26H33N5O2. The quantitative estimate of drug-likeness (QED) is 0.683. The molecule has 174 valence electrons. The summed E-state index contributed by atoms with van der Waals surface area (Å²) in [6.45, 7) is 3.18. The van der Waals surface area contributed by atoms with Crippen molar-refractivity contribution in [2.45, 2.75) is 83.7 Å². The number of likely N-dealkylation sites (tertiary alicyclic amines) is 1. The summed E-state index contributed by atoms with van der Waals surface area (Å²) in [5.41, 5.74) is 2.79. The first kappa shape index (κ1) is 22.0. The summed E-state index contributed by atoms with van der Waals surface area (Å²) in [6.07, 6.45) is 11.3. The number of hydrogen-bond donors (Lipinski definition) is 0. The molecule has 2 amide bonds. The normalized spacial score (nSPS) is 21.4. The van der Waals surface area contributed by atoms with Crippen molar-refractivity contribution in [1.82, 2.24) is 19.9 Å². The topological polar surface area (TPSA) is 79.3 Å². The lowest BCUT2D eigenvalue weighted by molar-refractivity contribution is -0.136. The van der Waals surface area contributed by atoms with Gasteiger partial charge in [0.2, 0.25) is 11.8 Å². The molecule has 33 heavy (non-hydrogen) atoms. The van der Waals surface area contributed by atoms with Crippen molar-refractivity contribution < 1.29 is 9.59 Å². The molecule has 2 aromatic heterocycles. The van der Waals surface area contributed by atoms with Crippen LogP contribution in [-0.4, -0.2) is 38.2 Å². The summed E-state index contributed by atoms with van der Waals surface area (Å²) in [4.78, 5) is 44.2. The molecule has 2 aromatic rings. The van der Waals surface area contributed by atoms with Crippen LogP contribution in [0.4, 0.5) is 5.82 Å². The van der Waals surface area contributed by atoms with Crippen molar-refractivity contribution in [3.8, 4) is 0 Å². The summed E-state index contributed by atoms with van der Waals surface area (Å²) >= 11 is 0. The number of aryl methyl sites for hydroxylation is 1. The van der Waals surface area contributed by atoms with E-state index in [0.29, 0.717) is 43.4 Å². The second kappa shape index (κ2) is 9.57. The monoisotopic (exact) mass is 447 g/mol. The van der Waals surface area contributed by atoms with Crippen LogP contribution in [0.2, 0.25) is 0 Å². The molecule has 2 fully saturated rings. The number of carbonyl (C=O) groups is 2. The van der Waals surface area contributed by atoms with Gasteiger partial charge >= 0.3 is 0 Å². The SMILES string of the molecule is Cc1nc([C@@H]2CCCCN2C(=O)CC2CCCC2)nc2c1CCC(=O)N2Cc1ccccn1. The van der Waals surface area contributed by atoms with E-state index >= 15 is 0 Å². The minimum absolute atomic E-state index is 0.0648. The van der Waals surface area contributed by atoms with E-state index in [-0.39, 0.29) is 17.9 Å². The van der Waals surface area contributed by atoms with E-state index in [0.717, 1.165) is 42.8 Å². The molecule has 0 radical (unpaired) electrons. The Morgan fingerprint density at radius 2 is 1.88 bits per heavy atom. The fourth-order valence-electron chi connectivity index (χ4n) is 5.65. The molecule has 1 saturated heterocycles. The van der Waals surface area contributed by atoms with Gasteiger partial charge in [-0.25, -0.2) is 9.97 Å². The third-order valence-corrected chi connectivity index (χ3v) is 7.46. The molecule has 1 aliphatic carbocycles. The van der Waals surface area contributed by atoms with Crippen molar-refractivity contribution >= 4 is 17.6 Å². The third-order valence-electron chi connectivity index (χ3n) is 7.46. The third kappa shape index (κ3) is 4.63. The van der Waals surface area contributed by atoms with Gasteiger partial charge in [0.15, 0.2) is 5.82 Å². The lowest BCUT2D eigenvalue weighted by atomic mass is 9.97. The first-order valence-electron chi connectivity index (χ1n) is 12.5. The zero-order valence-electron chi connectivity index (χ0n) is 19.5. The molecule has 1 saturated carbocycles. The maximum atomic E-state index is 13.3. The summed E-state index contributed by atoms with van der Waals surface area (Å²) in [5.74, 6) is 2.22. The van der Waals surface area contributed by atoms with E-state index in [2.05, 4.69) is 4.98 Å². The Bertz CT molecular complexity index is 1020. The number of anilines is 1. The minimum Gasteiger partial charge on any atom is -0.332 e. The number of hydrogen-bond acceptors (Lipinski definition) is 5. The van der Waals surface area contributed by atoms with Crippen LogP contribution in [0, 0.1) is 12.8 Å². The molecule has 0 unspecified atom stereocenters. The van der Waals surface area contributed by atoms with Crippen LogP contribution in [0.25, 0.3) is 0 Å². The van der Waals surface area contributed by atoms with Crippen LogP contribution in [0.5, 0.6) is 0 Å². The molecule has 3 aliphatic rings. The molecule has 0 bridgehead atoms. The van der Waals surface area contributed by atoms with Crippen LogP contribution < -0.4 is 4.90 Å². The average Bonchev–Trinajstić information content (AvgIpc) is 3.34. The molecule has 1 atom stereocenters. The Hall–Kier alpha value is -2.83. The Morgan fingerprint density at radius 1 is 1.06 bits per heavy atom. The molecule has 7 heteroatoms. The number of rotatable bonds is 5. The Kier molecular flexibility index (Phi) is 6.38. The van der Waals surface area contributed by atoms with Gasteiger partial charge in [-0.05, 0) is 63.5 Å². The Morgan fingerprint density at radius 3 is 2.67 bits per heavy atom. The Balaban J connectivity index is 1.45. The number of piperidine rings is 1. The summed E-state index contributed by atoms with van der Waals surface area (Å²) in [5, 5.41) is 0. The summed E-state index contributed by atoms with van der Waals surface area (Å²) < 4.78 is 0. The minimum atomic E-state index is -0.106. The van der Waals surface area contributed by atoms with Crippen molar-refractivity contribution in [2.24, 2.45) is 5.92 Å². The van der Waals surface area contributed by atoms with Crippen LogP contribution in [0.1, 0.15) is 86.6 Å². The molecule has 0 N–H and O–H groups in total. The first-order chi connectivity index (χ1) is 16.1. The number of carbonyl (C=O) groups excluding carboxylic acids is 2. The fourth-order valence-corrected chi connectivity index (χ4v) is 5.65. The van der Waals surface area contributed by atoms with E-state index in [9.17, 15) is 9.59 Å². The zero-order chi connectivity index (χ0) is 22.8. The molecule has 7 nitrogen and oxygen atoms in total. The average molecular weight is 448 g/mol. The van der Waals surface area contributed by atoms with Gasteiger partial charge in [-0.2, -0.15) is 0 Å². The number of amides is 2. The van der Waals surface area contributed by atoms with Crippen LogP contribution in [0.3, 0.4) is 0 Å². The van der Waals surface area contributed by atoms with E-state index in [1.165, 1.54) is 25.7 Å². The van der Waals surface area contributed by atoms with Crippen molar-refractivity contribution in [3.63, 3.8) is 0 Å². The smallest absolute Gasteiger partial charge is 0.228 e. The number of aromatic nitrogens is 3. The largest absolute Gasteiger partial charge is 0.332 e. The van der Waals surface area contributed by atoms with Crippen molar-refractivity contribution in [1.29, 1.82) is 0 Å². The van der Waals surface area contributed by atoms with E-state index in [1.807, 2.05) is 30.0 Å². The summed E-state index contributed by atoms with van der Waals surface area (Å²) in [6, 6.07) is 5.64. The second-order valence-electron chi connectivity index (χ2n) is 9.72. The highest BCUT2D eigenvalue weighted by atomic mass is 16.2. The predicted octanol–water partition coefficient (Wildman–Crippen LogP) is 4.29. The first-order valence-corrected chi connectivity index (χ1v) is 12.5. The van der Waals surface area contributed by atoms with E-state index in [4.69, 9.17) is 9.97 Å². The highest BCUT2D eigenvalue weighted by molar-refractivity contribution is 5.95. The summed E-state index contributed by atoms with van der Waals surface area (Å²) in [7, 11) is 0. The molecular weight excluding hydrogens is 414 g/mol. The number of nitrogens with zero attached hydrogens (tertiary/aromatic N) is 5. The molecule has 2 aliphatic heterocycles. The number of fused-ring (bicyclic) bond motifs is 1. The van der Waals surface area contributed by atoms with Gasteiger partial charge in [0.25, 0.3) is 0 Å². The van der Waals surface area contributed by atoms with Gasteiger partial charge in [0.1, 0.15) is 5.82 Å². The molecule has 4 heterocycles. The lowest BCUT2D eigenvalue weighted by Gasteiger charge is -2.37. The van der Waals surface area contributed by atoms with Crippen molar-refractivity contribution in [2.75, 3.05) is 11.4 Å². The number of pyridine rings is 1. The van der Waals surface area contributed by atoms with E-state index in [1.54, 1.807) is 11.1 Å². The van der Waals surface area contributed by atoms with Gasteiger partial charge in [0, 0.05) is 36.8 Å². The lowest BCUT2D eigenvalue weighted by Crippen LogP contribution is -2.41. The van der Waals surface area contributed by atoms with Gasteiger partial charge in [-0.15, -0.1) is 0 Å². The van der Waals surface area contributed by atoms with Crippen LogP contribution >= 0.6 is 0 Å². The van der Waals surface area contributed by atoms with E-state index < -0.39 is 0 Å². The van der Waals surface area contributed by atoms with Crippen molar-refractivity contribution in [3.05, 3.63) is 47.2 Å². The predicted molar refractivity (Wildman–Crippen MR) is 125 cm³/mol. The maximum Gasteiger partial charge on any atom is 0.228 e. The second-order valence-corrected chi connectivity index (χ2v) is 9.72. The maximum absolute atomic E-state index is 13.3. The van der Waals surface area contributed by atoms with Crippen LogP contribution in [-0.2, 0) is 22.6 Å². The van der Waals surface area contributed by atoms with Crippen LogP contribution in [0.15, 0.2) is 24.4 Å². The molecule has 5 rings (SSSR count). The molecule has 0 aromatic carbocycles. The standard InChI is InChI=1S/C26H33N5O2/c1-18-21-12-13-23(32)31(17-20-10-4-6-14-27-20)26(21)29-25(28-18)22-11-5-7-15-30(22)24(33)16-19-8-2-3-9-19/h4,6,10,14,19,22H,2-3,5,7-9,11-13,15-17H2,1H3/t22-/m0/s1. The van der Waals surface area contributed by atoms with Gasteiger partial charge in [0.05, 0.1) is 18.3 Å². The highest BCUT2D eigenvalue weighted by Gasteiger charge is 2.34. The highest BCUT2D eigenvalue weighted by Crippen LogP contribution is 2.36. The fraction of sp³-hybridized carbons (Fsp3) is 0.577. The molecule has 0 spiro atoms. The van der Waals surface area contributed by atoms with Gasteiger partial charge in [-0.1, -0.05) is 18.9 Å². The van der Waals surface area contributed by atoms with Gasteiger partial charge in [-0.3, -0.25) is 19.5 Å².